The third-order valence-corrected chi connectivity index (χ3v) is 3.71. The Morgan fingerprint density at radius 3 is 2.90 bits per heavy atom. The second-order valence-corrected chi connectivity index (χ2v) is 5.86. The molecule has 0 saturated carbocycles. The van der Waals surface area contributed by atoms with Gasteiger partial charge >= 0.3 is 5.97 Å². The second-order valence-electron chi connectivity index (χ2n) is 4.85. The Morgan fingerprint density at radius 2 is 2.19 bits per heavy atom. The normalized spacial score (nSPS) is 13.4. The van der Waals surface area contributed by atoms with Crippen molar-refractivity contribution in [2.24, 2.45) is 0 Å². The van der Waals surface area contributed by atoms with Crippen LogP contribution < -0.4 is 10.6 Å². The van der Waals surface area contributed by atoms with Gasteiger partial charge in [0.25, 0.3) is 5.91 Å². The van der Waals surface area contributed by atoms with Crippen molar-refractivity contribution >= 4 is 35.2 Å². The molecular weight excluding hydrogens is 292 g/mol. The summed E-state index contributed by atoms with van der Waals surface area (Å²) in [7, 11) is 0. The van der Waals surface area contributed by atoms with Crippen LogP contribution in [0, 0.1) is 0 Å². The second kappa shape index (κ2) is 6.62. The number of ether oxygens (including phenoxy) is 1. The summed E-state index contributed by atoms with van der Waals surface area (Å²) in [6.45, 7) is 3.32. The number of nitrogens with one attached hydrogen (secondary N) is 2. The van der Waals surface area contributed by atoms with Crippen molar-refractivity contribution in [1.29, 1.82) is 0 Å². The Balaban J connectivity index is 1.98. The fraction of sp³-hybridized carbons (Fsp3) is 0.357. The number of esters is 1. The number of fused-ring (bicyclic) bond motifs is 1. The van der Waals surface area contributed by atoms with Crippen LogP contribution in [0.4, 0.5) is 5.69 Å². The molecule has 0 aromatic heterocycles. The topological polar surface area (TPSA) is 84.5 Å². The summed E-state index contributed by atoms with van der Waals surface area (Å²) < 4.78 is 4.94. The third kappa shape index (κ3) is 4.22. The lowest BCUT2D eigenvalue weighted by Gasteiger charge is -2.16. The largest absolute Gasteiger partial charge is 0.452 e. The maximum atomic E-state index is 11.9. The van der Waals surface area contributed by atoms with Gasteiger partial charge in [-0.3, -0.25) is 9.59 Å². The van der Waals surface area contributed by atoms with E-state index in [1.165, 1.54) is 11.8 Å². The Hall–Kier alpha value is -2.02. The molecule has 7 heteroatoms. The van der Waals surface area contributed by atoms with Crippen molar-refractivity contribution in [3.63, 3.8) is 0 Å². The zero-order valence-electron chi connectivity index (χ0n) is 11.8. The highest BCUT2D eigenvalue weighted by molar-refractivity contribution is 8.00. The Kier molecular flexibility index (Phi) is 4.85. The number of thioether (sulfide) groups is 1. The molecule has 1 aromatic carbocycles. The van der Waals surface area contributed by atoms with Crippen molar-refractivity contribution < 1.29 is 19.1 Å². The summed E-state index contributed by atoms with van der Waals surface area (Å²) in [6.07, 6.45) is 0. The van der Waals surface area contributed by atoms with Crippen molar-refractivity contribution in [2.75, 3.05) is 17.7 Å². The summed E-state index contributed by atoms with van der Waals surface area (Å²) in [6, 6.07) is 4.92. The van der Waals surface area contributed by atoms with E-state index in [1.807, 2.05) is 13.8 Å². The van der Waals surface area contributed by atoms with E-state index in [9.17, 15) is 14.4 Å². The highest BCUT2D eigenvalue weighted by atomic mass is 32.2. The van der Waals surface area contributed by atoms with Crippen molar-refractivity contribution in [3.8, 4) is 0 Å². The number of rotatable bonds is 4. The molecule has 0 unspecified atom stereocenters. The van der Waals surface area contributed by atoms with Crippen LogP contribution in [0.5, 0.6) is 0 Å². The first kappa shape index (κ1) is 15.4. The summed E-state index contributed by atoms with van der Waals surface area (Å²) in [5.74, 6) is -0.678. The lowest BCUT2D eigenvalue weighted by molar-refractivity contribution is -0.124. The van der Waals surface area contributed by atoms with Crippen LogP contribution >= 0.6 is 11.8 Å². The van der Waals surface area contributed by atoms with E-state index >= 15 is 0 Å². The molecule has 1 aromatic rings. The fourth-order valence-corrected chi connectivity index (χ4v) is 2.58. The maximum Gasteiger partial charge on any atom is 0.338 e. The van der Waals surface area contributed by atoms with Gasteiger partial charge in [0.05, 0.1) is 17.0 Å². The monoisotopic (exact) mass is 308 g/mol. The molecule has 6 nitrogen and oxygen atoms in total. The zero-order chi connectivity index (χ0) is 15.4. The molecule has 0 atom stereocenters. The molecule has 0 fully saturated rings. The van der Waals surface area contributed by atoms with E-state index in [2.05, 4.69) is 10.6 Å². The molecule has 21 heavy (non-hydrogen) atoms. The van der Waals surface area contributed by atoms with Crippen LogP contribution in [0.1, 0.15) is 24.2 Å². The van der Waals surface area contributed by atoms with Crippen LogP contribution in [0.25, 0.3) is 0 Å². The number of hydrogen-bond donors (Lipinski definition) is 2. The number of benzene rings is 1. The fourth-order valence-electron chi connectivity index (χ4n) is 1.79. The number of carbonyl (C=O) groups is 3. The van der Waals surface area contributed by atoms with Gasteiger partial charge in [0.15, 0.2) is 6.61 Å². The Bertz CT molecular complexity index is 586. The molecule has 2 rings (SSSR count). The Labute approximate surface area is 126 Å². The maximum absolute atomic E-state index is 11.9. The van der Waals surface area contributed by atoms with Gasteiger partial charge in [-0.15, -0.1) is 11.8 Å². The van der Waals surface area contributed by atoms with Gasteiger partial charge in [0, 0.05) is 10.9 Å². The lowest BCUT2D eigenvalue weighted by Crippen LogP contribution is -2.34. The molecular formula is C14H16N2O4S. The molecule has 112 valence electrons. The van der Waals surface area contributed by atoms with Gasteiger partial charge in [-0.05, 0) is 32.0 Å². The third-order valence-electron chi connectivity index (χ3n) is 2.63. The number of carbonyl (C=O) groups excluding carboxylic acids is 3. The average molecular weight is 308 g/mol. The molecule has 0 bridgehead atoms. The summed E-state index contributed by atoms with van der Waals surface area (Å²) in [5.41, 5.74) is 0.895. The molecule has 0 aliphatic carbocycles. The lowest BCUT2D eigenvalue weighted by atomic mass is 10.2. The molecule has 0 radical (unpaired) electrons. The van der Waals surface area contributed by atoms with Crippen LogP contribution in [0.2, 0.25) is 0 Å². The smallest absolute Gasteiger partial charge is 0.338 e. The van der Waals surface area contributed by atoms with Gasteiger partial charge in [-0.2, -0.15) is 0 Å². The summed E-state index contributed by atoms with van der Waals surface area (Å²) >= 11 is 1.41. The first-order chi connectivity index (χ1) is 9.95. The first-order valence-electron chi connectivity index (χ1n) is 6.49. The van der Waals surface area contributed by atoms with Crippen LogP contribution in [-0.2, 0) is 14.3 Å². The van der Waals surface area contributed by atoms with E-state index < -0.39 is 5.97 Å². The minimum absolute atomic E-state index is 0.00724. The highest BCUT2D eigenvalue weighted by Crippen LogP contribution is 2.32. The van der Waals surface area contributed by atoms with Crippen molar-refractivity contribution in [1.82, 2.24) is 5.32 Å². The molecule has 1 aliphatic heterocycles. The van der Waals surface area contributed by atoms with E-state index in [-0.39, 0.29) is 24.5 Å². The van der Waals surface area contributed by atoms with Gasteiger partial charge < -0.3 is 15.4 Å². The minimum Gasteiger partial charge on any atom is -0.452 e. The predicted molar refractivity (Wildman–Crippen MR) is 79.4 cm³/mol. The van der Waals surface area contributed by atoms with Gasteiger partial charge in [0.1, 0.15) is 0 Å². The SMILES string of the molecule is CC(C)NC(=O)COC(=O)c1ccc2c(c1)NC(=O)CS2. The van der Waals surface area contributed by atoms with E-state index in [0.29, 0.717) is 17.0 Å². The predicted octanol–water partition coefficient (Wildman–Crippen LogP) is 1.41. The first-order valence-corrected chi connectivity index (χ1v) is 7.47. The number of amides is 2. The van der Waals surface area contributed by atoms with Crippen LogP contribution in [-0.4, -0.2) is 36.2 Å². The number of anilines is 1. The summed E-state index contributed by atoms with van der Waals surface area (Å²) in [5, 5.41) is 5.33. The van der Waals surface area contributed by atoms with Gasteiger partial charge in [-0.25, -0.2) is 4.79 Å². The quantitative estimate of drug-likeness (QED) is 0.822. The van der Waals surface area contributed by atoms with Gasteiger partial charge in [0.2, 0.25) is 5.91 Å². The summed E-state index contributed by atoms with van der Waals surface area (Å²) in [4.78, 5) is 35.5. The zero-order valence-corrected chi connectivity index (χ0v) is 12.6. The average Bonchev–Trinajstić information content (AvgIpc) is 2.43. The van der Waals surface area contributed by atoms with Crippen LogP contribution in [0.3, 0.4) is 0 Å². The van der Waals surface area contributed by atoms with Gasteiger partial charge in [-0.1, -0.05) is 0 Å². The molecule has 0 spiro atoms. The molecule has 2 N–H and O–H groups in total. The van der Waals surface area contributed by atoms with E-state index in [4.69, 9.17) is 4.74 Å². The van der Waals surface area contributed by atoms with E-state index in [1.54, 1.807) is 18.2 Å². The highest BCUT2D eigenvalue weighted by Gasteiger charge is 2.18. The molecule has 1 aliphatic rings. The van der Waals surface area contributed by atoms with Crippen molar-refractivity contribution in [2.45, 2.75) is 24.8 Å². The Morgan fingerprint density at radius 1 is 1.43 bits per heavy atom. The van der Waals surface area contributed by atoms with Crippen molar-refractivity contribution in [3.05, 3.63) is 23.8 Å². The molecule has 1 heterocycles. The molecule has 0 saturated heterocycles. The van der Waals surface area contributed by atoms with E-state index in [0.717, 1.165) is 4.90 Å². The molecule has 2 amide bonds. The number of hydrogen-bond acceptors (Lipinski definition) is 5. The standard InChI is InChI=1S/C14H16N2O4S/c1-8(2)15-12(17)6-20-14(19)9-3-4-11-10(5-9)16-13(18)7-21-11/h3-5,8H,6-7H2,1-2H3,(H,15,17)(H,16,18). The van der Waals surface area contributed by atoms with Crippen LogP contribution in [0.15, 0.2) is 23.1 Å². The minimum atomic E-state index is -0.596.